The highest BCUT2D eigenvalue weighted by Crippen LogP contribution is 2.20. The lowest BCUT2D eigenvalue weighted by atomic mass is 10.1. The fourth-order valence-corrected chi connectivity index (χ4v) is 1.56. The molecule has 0 aliphatic rings. The maximum atomic E-state index is 10.6. The molecular weight excluding hydrogens is 254 g/mol. The van der Waals surface area contributed by atoms with E-state index in [-0.39, 0.29) is 5.69 Å². The highest BCUT2D eigenvalue weighted by Gasteiger charge is 2.09. The van der Waals surface area contributed by atoms with Crippen molar-refractivity contribution in [3.05, 3.63) is 44.8 Å². The van der Waals surface area contributed by atoms with Crippen LogP contribution in [0.3, 0.4) is 0 Å². The van der Waals surface area contributed by atoms with Crippen LogP contribution in [0.15, 0.2) is 23.6 Å². The van der Waals surface area contributed by atoms with Crippen LogP contribution >= 0.6 is 10.7 Å². The number of nitrogens with zero attached hydrogens (tertiary/aromatic N) is 1. The van der Waals surface area contributed by atoms with E-state index < -0.39 is 14.0 Å². The number of halogens is 1. The van der Waals surface area contributed by atoms with Crippen molar-refractivity contribution in [2.24, 2.45) is 0 Å². The van der Waals surface area contributed by atoms with Gasteiger partial charge < -0.3 is 0 Å². The number of hydrogen-bond acceptors (Lipinski definition) is 4. The Labute approximate surface area is 96.9 Å². The largest absolute Gasteiger partial charge is 0.272 e. The Hall–Kier alpha value is -1.40. The molecule has 0 aliphatic heterocycles. The van der Waals surface area contributed by atoms with E-state index in [4.69, 9.17) is 10.7 Å². The number of rotatable bonds is 3. The molecule has 0 aromatic heterocycles. The molecule has 1 rings (SSSR count). The second kappa shape index (κ2) is 4.63. The molecule has 0 radical (unpaired) electrons. The van der Waals surface area contributed by atoms with Crippen LogP contribution in [0.1, 0.15) is 11.1 Å². The zero-order chi connectivity index (χ0) is 12.3. The van der Waals surface area contributed by atoms with Crippen LogP contribution in [0.2, 0.25) is 0 Å². The minimum atomic E-state index is -3.74. The number of nitro groups is 1. The predicted octanol–water partition coefficient (Wildman–Crippen LogP) is 2.44. The van der Waals surface area contributed by atoms with Gasteiger partial charge in [0.15, 0.2) is 0 Å². The van der Waals surface area contributed by atoms with Gasteiger partial charge in [0.1, 0.15) is 0 Å². The highest BCUT2D eigenvalue weighted by molar-refractivity contribution is 8.16. The van der Waals surface area contributed by atoms with E-state index in [0.717, 1.165) is 5.41 Å². The molecule has 0 fully saturated rings. The van der Waals surface area contributed by atoms with Crippen LogP contribution in [0, 0.1) is 17.0 Å². The Kier molecular flexibility index (Phi) is 3.66. The third kappa shape index (κ3) is 3.63. The van der Waals surface area contributed by atoms with Crippen molar-refractivity contribution >= 4 is 31.5 Å². The van der Waals surface area contributed by atoms with Crippen LogP contribution in [0.4, 0.5) is 5.69 Å². The average Bonchev–Trinajstić information content (AvgIpc) is 2.14. The second-order valence-corrected chi connectivity index (χ2v) is 5.60. The third-order valence-electron chi connectivity index (χ3n) is 1.85. The molecule has 0 saturated carbocycles. The molecule has 1 aromatic rings. The minimum Gasteiger partial charge on any atom is -0.258 e. The van der Waals surface area contributed by atoms with Gasteiger partial charge in [-0.1, -0.05) is 12.1 Å². The van der Waals surface area contributed by atoms with Crippen molar-refractivity contribution in [1.82, 2.24) is 0 Å². The Morgan fingerprint density at radius 2 is 2.06 bits per heavy atom. The first kappa shape index (κ1) is 12.7. The quantitative estimate of drug-likeness (QED) is 0.476. The van der Waals surface area contributed by atoms with Crippen LogP contribution in [-0.2, 0) is 9.05 Å². The topological polar surface area (TPSA) is 77.3 Å². The summed E-state index contributed by atoms with van der Waals surface area (Å²) in [5.74, 6) is 0. The molecule has 1 aromatic carbocycles. The molecule has 0 unspecified atom stereocenters. The number of aryl methyl sites for hydroxylation is 1. The Morgan fingerprint density at radius 3 is 2.56 bits per heavy atom. The molecule has 0 aliphatic carbocycles. The summed E-state index contributed by atoms with van der Waals surface area (Å²) in [6.45, 7) is 1.60. The van der Waals surface area contributed by atoms with Gasteiger partial charge in [-0.05, 0) is 18.6 Å². The molecule has 0 N–H and O–H groups in total. The molecule has 16 heavy (non-hydrogen) atoms. The van der Waals surface area contributed by atoms with Gasteiger partial charge >= 0.3 is 0 Å². The van der Waals surface area contributed by atoms with E-state index in [9.17, 15) is 18.5 Å². The van der Waals surface area contributed by atoms with Crippen LogP contribution in [0.25, 0.3) is 6.08 Å². The normalized spacial score (nSPS) is 11.9. The van der Waals surface area contributed by atoms with E-state index in [1.165, 1.54) is 12.1 Å². The summed E-state index contributed by atoms with van der Waals surface area (Å²) in [5.41, 5.74) is 0.853. The lowest BCUT2D eigenvalue weighted by molar-refractivity contribution is -0.385. The molecule has 0 heterocycles. The van der Waals surface area contributed by atoms with Gasteiger partial charge in [-0.15, -0.1) is 0 Å². The van der Waals surface area contributed by atoms with Gasteiger partial charge in [0.05, 0.1) is 4.92 Å². The maximum Gasteiger partial charge on any atom is 0.272 e. The second-order valence-electron chi connectivity index (χ2n) is 3.08. The van der Waals surface area contributed by atoms with Gasteiger partial charge in [-0.3, -0.25) is 10.1 Å². The first-order chi connectivity index (χ1) is 7.29. The van der Waals surface area contributed by atoms with Gasteiger partial charge in [0.25, 0.3) is 14.7 Å². The maximum absolute atomic E-state index is 10.6. The van der Waals surface area contributed by atoms with Crippen molar-refractivity contribution in [3.8, 4) is 0 Å². The minimum absolute atomic E-state index is 0.0610. The fraction of sp³-hybridized carbons (Fsp3) is 0.111. The van der Waals surface area contributed by atoms with Gasteiger partial charge in [-0.25, -0.2) is 8.42 Å². The van der Waals surface area contributed by atoms with Crippen LogP contribution in [0.5, 0.6) is 0 Å². The van der Waals surface area contributed by atoms with E-state index in [1.807, 2.05) is 0 Å². The lowest BCUT2D eigenvalue weighted by Crippen LogP contribution is -1.91. The van der Waals surface area contributed by atoms with Crippen LogP contribution < -0.4 is 0 Å². The third-order valence-corrected chi connectivity index (χ3v) is 2.62. The molecule has 86 valence electrons. The molecule has 0 atom stereocenters. The van der Waals surface area contributed by atoms with E-state index in [2.05, 4.69) is 0 Å². The molecule has 0 spiro atoms. The molecular formula is C9H8ClNO4S. The SMILES string of the molecule is Cc1ccc(/C=C/S(=O)(=O)Cl)cc1[N+](=O)[O-]. The summed E-state index contributed by atoms with van der Waals surface area (Å²) < 4.78 is 21.3. The fourth-order valence-electron chi connectivity index (χ4n) is 1.09. The first-order valence-electron chi connectivity index (χ1n) is 4.17. The molecule has 0 saturated heterocycles. The van der Waals surface area contributed by atoms with Crippen molar-refractivity contribution in [2.75, 3.05) is 0 Å². The summed E-state index contributed by atoms with van der Waals surface area (Å²) in [6.07, 6.45) is 1.20. The van der Waals surface area contributed by atoms with Crippen molar-refractivity contribution < 1.29 is 13.3 Å². The van der Waals surface area contributed by atoms with E-state index >= 15 is 0 Å². The van der Waals surface area contributed by atoms with Gasteiger partial charge in [-0.2, -0.15) is 0 Å². The van der Waals surface area contributed by atoms with Crippen molar-refractivity contribution in [1.29, 1.82) is 0 Å². The van der Waals surface area contributed by atoms with E-state index in [1.54, 1.807) is 19.1 Å². The highest BCUT2D eigenvalue weighted by atomic mass is 35.7. The molecule has 5 nitrogen and oxygen atoms in total. The Bertz CT molecular complexity index is 551. The number of nitro benzene ring substituents is 1. The van der Waals surface area contributed by atoms with Gasteiger partial charge in [0.2, 0.25) is 0 Å². The number of hydrogen-bond donors (Lipinski definition) is 0. The van der Waals surface area contributed by atoms with Crippen LogP contribution in [-0.4, -0.2) is 13.3 Å². The summed E-state index contributed by atoms with van der Waals surface area (Å²) in [5, 5.41) is 11.4. The Balaban J connectivity index is 3.14. The smallest absolute Gasteiger partial charge is 0.258 e. The monoisotopic (exact) mass is 261 g/mol. The average molecular weight is 262 g/mol. The molecule has 0 amide bonds. The van der Waals surface area contributed by atoms with Crippen molar-refractivity contribution in [2.45, 2.75) is 6.92 Å². The predicted molar refractivity (Wildman–Crippen MR) is 61.6 cm³/mol. The van der Waals surface area contributed by atoms with Crippen molar-refractivity contribution in [3.63, 3.8) is 0 Å². The summed E-state index contributed by atoms with van der Waals surface area (Å²) >= 11 is 0. The zero-order valence-corrected chi connectivity index (χ0v) is 9.83. The first-order valence-corrected chi connectivity index (χ1v) is 6.54. The molecule has 7 heteroatoms. The standard InChI is InChI=1S/C9H8ClNO4S/c1-7-2-3-8(4-5-16(10,14)15)6-9(7)11(12)13/h2-6H,1H3/b5-4+. The summed E-state index contributed by atoms with van der Waals surface area (Å²) in [7, 11) is 1.22. The molecule has 0 bridgehead atoms. The number of benzene rings is 1. The lowest BCUT2D eigenvalue weighted by Gasteiger charge is -1.98. The van der Waals surface area contributed by atoms with E-state index in [0.29, 0.717) is 11.1 Å². The summed E-state index contributed by atoms with van der Waals surface area (Å²) in [4.78, 5) is 10.1. The Morgan fingerprint density at radius 1 is 1.44 bits per heavy atom. The zero-order valence-electron chi connectivity index (χ0n) is 8.25. The summed E-state index contributed by atoms with van der Waals surface area (Å²) in [6, 6.07) is 4.40. The van der Waals surface area contributed by atoms with Gasteiger partial charge in [0, 0.05) is 27.7 Å².